The third-order valence-corrected chi connectivity index (χ3v) is 2.95. The van der Waals surface area contributed by atoms with Gasteiger partial charge in [0.05, 0.1) is 5.52 Å². The summed E-state index contributed by atoms with van der Waals surface area (Å²) in [6, 6.07) is 8.34. The summed E-state index contributed by atoms with van der Waals surface area (Å²) >= 11 is 0. The Labute approximate surface area is 96.5 Å². The van der Waals surface area contributed by atoms with Crippen molar-refractivity contribution in [2.75, 3.05) is 5.73 Å². The van der Waals surface area contributed by atoms with Gasteiger partial charge < -0.3 is 5.73 Å². The summed E-state index contributed by atoms with van der Waals surface area (Å²) in [4.78, 5) is 4.57. The van der Waals surface area contributed by atoms with Gasteiger partial charge in [-0.15, -0.1) is 0 Å². The molecule has 0 spiro atoms. The number of pyridine rings is 1. The lowest BCUT2D eigenvalue weighted by Gasteiger charge is -2.09. The lowest BCUT2D eigenvalue weighted by atomic mass is 10.0. The number of hydrogen-bond donors (Lipinski definition) is 1. The first-order valence-electron chi connectivity index (χ1n) is 5.81. The quantitative estimate of drug-likeness (QED) is 0.831. The van der Waals surface area contributed by atoms with Gasteiger partial charge in [-0.1, -0.05) is 26.8 Å². The Morgan fingerprint density at radius 2 is 2.00 bits per heavy atom. The zero-order chi connectivity index (χ0) is 11.7. The number of benzene rings is 1. The van der Waals surface area contributed by atoms with E-state index in [1.54, 1.807) is 0 Å². The third-order valence-electron chi connectivity index (χ3n) is 2.95. The van der Waals surface area contributed by atoms with Gasteiger partial charge >= 0.3 is 0 Å². The molecular weight excluding hydrogens is 196 g/mol. The average Bonchev–Trinajstić information content (AvgIpc) is 2.28. The molecule has 0 fully saturated rings. The molecule has 2 aromatic rings. The first-order chi connectivity index (χ1) is 7.61. The van der Waals surface area contributed by atoms with Gasteiger partial charge in [-0.05, 0) is 36.1 Å². The molecule has 16 heavy (non-hydrogen) atoms. The third kappa shape index (κ3) is 1.87. The Morgan fingerprint density at radius 3 is 2.62 bits per heavy atom. The van der Waals surface area contributed by atoms with E-state index in [1.165, 1.54) is 5.56 Å². The van der Waals surface area contributed by atoms with Crippen LogP contribution in [0.4, 0.5) is 5.69 Å². The fraction of sp³-hybridized carbons (Fsp3) is 0.357. The van der Waals surface area contributed by atoms with Crippen molar-refractivity contribution in [3.63, 3.8) is 0 Å². The molecule has 0 atom stereocenters. The number of hydrogen-bond acceptors (Lipinski definition) is 2. The molecule has 0 bridgehead atoms. The molecule has 0 aliphatic heterocycles. The van der Waals surface area contributed by atoms with E-state index in [0.717, 1.165) is 28.7 Å². The second-order valence-corrected chi connectivity index (χ2v) is 4.49. The number of nitrogens with zero attached hydrogens (tertiary/aromatic N) is 1. The molecule has 2 rings (SSSR count). The fourth-order valence-corrected chi connectivity index (χ4v) is 1.87. The minimum atomic E-state index is 0.523. The van der Waals surface area contributed by atoms with Gasteiger partial charge in [-0.2, -0.15) is 0 Å². The summed E-state index contributed by atoms with van der Waals surface area (Å²) in [6.45, 7) is 6.46. The molecule has 1 heterocycles. The van der Waals surface area contributed by atoms with Crippen molar-refractivity contribution < 1.29 is 0 Å². The van der Waals surface area contributed by atoms with Crippen molar-refractivity contribution in [2.45, 2.75) is 33.1 Å². The van der Waals surface area contributed by atoms with E-state index in [9.17, 15) is 0 Å². The molecule has 0 saturated carbocycles. The summed E-state index contributed by atoms with van der Waals surface area (Å²) in [5, 5.41) is 1.07. The highest BCUT2D eigenvalue weighted by atomic mass is 14.7. The van der Waals surface area contributed by atoms with Crippen LogP contribution < -0.4 is 5.73 Å². The highest BCUT2D eigenvalue weighted by Gasteiger charge is 2.05. The van der Waals surface area contributed by atoms with Crippen LogP contribution in [0.2, 0.25) is 0 Å². The van der Waals surface area contributed by atoms with Crippen LogP contribution in [-0.4, -0.2) is 4.98 Å². The molecule has 0 unspecified atom stereocenters. The zero-order valence-corrected chi connectivity index (χ0v) is 10.1. The minimum absolute atomic E-state index is 0.523. The topological polar surface area (TPSA) is 38.9 Å². The second kappa shape index (κ2) is 4.12. The van der Waals surface area contributed by atoms with Gasteiger partial charge in [-0.25, -0.2) is 0 Å². The Bertz CT molecular complexity index is 515. The van der Waals surface area contributed by atoms with Gasteiger partial charge in [0.25, 0.3) is 0 Å². The highest BCUT2D eigenvalue weighted by molar-refractivity contribution is 5.90. The van der Waals surface area contributed by atoms with E-state index in [2.05, 4.69) is 44.0 Å². The fourth-order valence-electron chi connectivity index (χ4n) is 1.87. The number of rotatable bonds is 2. The molecule has 0 amide bonds. The molecule has 2 N–H and O–H groups in total. The van der Waals surface area contributed by atoms with E-state index in [4.69, 9.17) is 5.73 Å². The van der Waals surface area contributed by atoms with Crippen molar-refractivity contribution in [2.24, 2.45) is 0 Å². The number of nitrogens with two attached hydrogens (primary N) is 1. The predicted molar refractivity (Wildman–Crippen MR) is 69.6 cm³/mol. The van der Waals surface area contributed by atoms with Crippen molar-refractivity contribution in [1.82, 2.24) is 4.98 Å². The molecular formula is C14H18N2. The Kier molecular flexibility index (Phi) is 2.82. The number of anilines is 1. The summed E-state index contributed by atoms with van der Waals surface area (Å²) in [6.07, 6.45) is 0.923. The minimum Gasteiger partial charge on any atom is -0.398 e. The summed E-state index contributed by atoms with van der Waals surface area (Å²) in [5.41, 5.74) is 10.3. The SMILES string of the molecule is CCc1cc(N)c2cc(C(C)C)ccc2n1. The lowest BCUT2D eigenvalue weighted by molar-refractivity contribution is 0.868. The molecule has 0 aliphatic rings. The highest BCUT2D eigenvalue weighted by Crippen LogP contribution is 2.25. The van der Waals surface area contributed by atoms with Crippen LogP contribution >= 0.6 is 0 Å². The first kappa shape index (κ1) is 10.9. The van der Waals surface area contributed by atoms with Crippen LogP contribution in [0, 0.1) is 0 Å². The van der Waals surface area contributed by atoms with Gasteiger partial charge in [0.15, 0.2) is 0 Å². The molecule has 2 heteroatoms. The van der Waals surface area contributed by atoms with Gasteiger partial charge in [0.2, 0.25) is 0 Å². The van der Waals surface area contributed by atoms with Gasteiger partial charge in [0, 0.05) is 16.8 Å². The van der Waals surface area contributed by atoms with Crippen LogP contribution in [0.1, 0.15) is 37.9 Å². The Balaban J connectivity index is 2.65. The molecule has 2 nitrogen and oxygen atoms in total. The van der Waals surface area contributed by atoms with Crippen molar-refractivity contribution >= 4 is 16.6 Å². The maximum absolute atomic E-state index is 6.06. The van der Waals surface area contributed by atoms with Crippen LogP contribution in [-0.2, 0) is 6.42 Å². The standard InChI is InChI=1S/C14H18N2/c1-4-11-8-13(15)12-7-10(9(2)3)5-6-14(12)16-11/h5-9H,4H2,1-3H3,(H2,15,16). The smallest absolute Gasteiger partial charge is 0.0726 e. The van der Waals surface area contributed by atoms with Crippen molar-refractivity contribution in [1.29, 1.82) is 0 Å². The lowest BCUT2D eigenvalue weighted by Crippen LogP contribution is -1.96. The van der Waals surface area contributed by atoms with Crippen LogP contribution in [0.25, 0.3) is 10.9 Å². The van der Waals surface area contributed by atoms with Gasteiger partial charge in [-0.3, -0.25) is 4.98 Å². The number of aromatic nitrogens is 1. The van der Waals surface area contributed by atoms with Crippen LogP contribution in [0.15, 0.2) is 24.3 Å². The normalized spacial score (nSPS) is 11.2. The maximum atomic E-state index is 6.06. The number of fused-ring (bicyclic) bond motifs is 1. The predicted octanol–water partition coefficient (Wildman–Crippen LogP) is 3.50. The van der Waals surface area contributed by atoms with Gasteiger partial charge in [0.1, 0.15) is 0 Å². The summed E-state index contributed by atoms with van der Waals surface area (Å²) in [7, 11) is 0. The largest absolute Gasteiger partial charge is 0.398 e. The summed E-state index contributed by atoms with van der Waals surface area (Å²) < 4.78 is 0. The molecule has 84 valence electrons. The molecule has 0 saturated heterocycles. The van der Waals surface area contributed by atoms with E-state index < -0.39 is 0 Å². The summed E-state index contributed by atoms with van der Waals surface area (Å²) in [5.74, 6) is 0.523. The first-order valence-corrected chi connectivity index (χ1v) is 5.81. The van der Waals surface area contributed by atoms with E-state index in [1.807, 2.05) is 6.07 Å². The van der Waals surface area contributed by atoms with E-state index in [0.29, 0.717) is 5.92 Å². The molecule has 1 aromatic carbocycles. The van der Waals surface area contributed by atoms with Crippen molar-refractivity contribution in [3.8, 4) is 0 Å². The van der Waals surface area contributed by atoms with Crippen molar-refractivity contribution in [3.05, 3.63) is 35.5 Å². The Morgan fingerprint density at radius 1 is 1.25 bits per heavy atom. The maximum Gasteiger partial charge on any atom is 0.0726 e. The number of nitrogen functional groups attached to an aromatic ring is 1. The van der Waals surface area contributed by atoms with Crippen LogP contribution in [0.5, 0.6) is 0 Å². The zero-order valence-electron chi connectivity index (χ0n) is 10.1. The monoisotopic (exact) mass is 214 g/mol. The average molecular weight is 214 g/mol. The number of aryl methyl sites for hydroxylation is 1. The van der Waals surface area contributed by atoms with Crippen LogP contribution in [0.3, 0.4) is 0 Å². The second-order valence-electron chi connectivity index (χ2n) is 4.49. The van der Waals surface area contributed by atoms with E-state index in [-0.39, 0.29) is 0 Å². The Hall–Kier alpha value is -1.57. The molecule has 0 aliphatic carbocycles. The van der Waals surface area contributed by atoms with E-state index >= 15 is 0 Å². The molecule has 1 aromatic heterocycles. The molecule has 0 radical (unpaired) electrons.